The summed E-state index contributed by atoms with van der Waals surface area (Å²) in [6, 6.07) is 24.1. The summed E-state index contributed by atoms with van der Waals surface area (Å²) in [4.78, 5) is 20.0. The summed E-state index contributed by atoms with van der Waals surface area (Å²) in [6.07, 6.45) is 6.95. The van der Waals surface area contributed by atoms with Crippen molar-refractivity contribution in [1.29, 1.82) is 0 Å². The first-order chi connectivity index (χ1) is 24.2. The third-order valence-electron chi connectivity index (χ3n) is 8.68. The van der Waals surface area contributed by atoms with Crippen LogP contribution in [0.4, 0.5) is 11.4 Å². The SMILES string of the molecule is Cc1noc(C)c1-c1cnc2c(N)cn(Cc3ccccc3)c2c1.Cc1noc(C)c1-c1cnc2c([N+](=O)[O-])cn(Cc3ccccc3)c2c1. The lowest BCUT2D eigenvalue weighted by atomic mass is 10.1. The lowest BCUT2D eigenvalue weighted by molar-refractivity contribution is -0.383. The second-order valence-electron chi connectivity index (χ2n) is 12.2. The molecule has 6 aromatic heterocycles. The standard InChI is InChI=1S/C19H16N4O3.C19H18N4O/c1-12-18(13(2)26-21-12)15-8-16-19(20-9-15)17(23(24)25)11-22(16)10-14-6-4-3-5-7-14;1-12-18(13(2)24-22-12)15-8-17-19(21-9-15)16(20)11-23(17)10-14-6-4-3-5-7-14/h3-9,11H,10H2,1-2H3;3-9,11H,10,20H2,1-2H3. The minimum Gasteiger partial charge on any atom is -0.396 e. The maximum Gasteiger partial charge on any atom is 0.312 e. The van der Waals surface area contributed by atoms with Crippen molar-refractivity contribution in [1.82, 2.24) is 29.4 Å². The van der Waals surface area contributed by atoms with Crippen molar-refractivity contribution in [2.24, 2.45) is 0 Å². The Kier molecular flexibility index (Phi) is 8.42. The fourth-order valence-electron chi connectivity index (χ4n) is 6.36. The third-order valence-corrected chi connectivity index (χ3v) is 8.68. The summed E-state index contributed by atoms with van der Waals surface area (Å²) in [5.41, 5.74) is 17.3. The van der Waals surface area contributed by atoms with Crippen LogP contribution in [0.3, 0.4) is 0 Å². The summed E-state index contributed by atoms with van der Waals surface area (Å²) in [5, 5.41) is 19.4. The number of benzene rings is 2. The van der Waals surface area contributed by atoms with Crippen molar-refractivity contribution in [3.8, 4) is 22.3 Å². The van der Waals surface area contributed by atoms with Gasteiger partial charge in [0, 0.05) is 53.9 Å². The number of anilines is 1. The highest BCUT2D eigenvalue weighted by molar-refractivity contribution is 5.91. The fourth-order valence-corrected chi connectivity index (χ4v) is 6.36. The van der Waals surface area contributed by atoms with Crippen LogP contribution in [-0.4, -0.2) is 34.3 Å². The number of aryl methyl sites for hydroxylation is 4. The lowest BCUT2D eigenvalue weighted by Crippen LogP contribution is -1.98. The molecule has 250 valence electrons. The van der Waals surface area contributed by atoms with Crippen LogP contribution in [0.1, 0.15) is 34.0 Å². The van der Waals surface area contributed by atoms with Crippen molar-refractivity contribution in [2.75, 3.05) is 5.73 Å². The molecule has 0 aliphatic rings. The maximum atomic E-state index is 11.4. The smallest absolute Gasteiger partial charge is 0.312 e. The predicted octanol–water partition coefficient (Wildman–Crippen LogP) is 8.20. The zero-order valence-electron chi connectivity index (χ0n) is 28.0. The molecule has 8 aromatic rings. The number of nitrogens with two attached hydrogens (primary N) is 1. The van der Waals surface area contributed by atoms with E-state index in [1.807, 2.05) is 99.3 Å². The predicted molar refractivity (Wildman–Crippen MR) is 192 cm³/mol. The Balaban J connectivity index is 0.000000157. The monoisotopic (exact) mass is 666 g/mol. The van der Waals surface area contributed by atoms with Crippen LogP contribution in [0.2, 0.25) is 0 Å². The molecule has 0 radical (unpaired) electrons. The van der Waals surface area contributed by atoms with E-state index in [9.17, 15) is 10.1 Å². The Bertz CT molecular complexity index is 2440. The highest BCUT2D eigenvalue weighted by atomic mass is 16.6. The minimum atomic E-state index is -0.396. The van der Waals surface area contributed by atoms with Crippen molar-refractivity contribution >= 4 is 33.4 Å². The molecule has 0 aliphatic carbocycles. The molecular formula is C38H34N8O4. The molecule has 0 aliphatic heterocycles. The molecule has 0 bridgehead atoms. The van der Waals surface area contributed by atoms with Crippen LogP contribution in [0.25, 0.3) is 44.3 Å². The van der Waals surface area contributed by atoms with Crippen LogP contribution in [0, 0.1) is 37.8 Å². The van der Waals surface area contributed by atoms with Gasteiger partial charge in [0.1, 0.15) is 17.0 Å². The van der Waals surface area contributed by atoms with Gasteiger partial charge < -0.3 is 23.9 Å². The Morgan fingerprint density at radius 1 is 0.700 bits per heavy atom. The zero-order chi connectivity index (χ0) is 34.9. The summed E-state index contributed by atoms with van der Waals surface area (Å²) in [7, 11) is 0. The molecule has 8 rings (SSSR count). The molecule has 0 fully saturated rings. The van der Waals surface area contributed by atoms with E-state index in [-0.39, 0.29) is 5.69 Å². The van der Waals surface area contributed by atoms with E-state index in [4.69, 9.17) is 14.8 Å². The van der Waals surface area contributed by atoms with Gasteiger partial charge in [-0.2, -0.15) is 0 Å². The molecule has 0 spiro atoms. The van der Waals surface area contributed by atoms with Crippen LogP contribution in [0.15, 0.2) is 107 Å². The summed E-state index contributed by atoms with van der Waals surface area (Å²) >= 11 is 0. The highest BCUT2D eigenvalue weighted by Crippen LogP contribution is 2.34. The number of nitro groups is 1. The molecule has 6 heterocycles. The molecule has 2 N–H and O–H groups in total. The Morgan fingerprint density at radius 3 is 1.62 bits per heavy atom. The van der Waals surface area contributed by atoms with Crippen LogP contribution < -0.4 is 5.73 Å². The van der Waals surface area contributed by atoms with Crippen molar-refractivity contribution in [2.45, 2.75) is 40.8 Å². The molecule has 0 unspecified atom stereocenters. The van der Waals surface area contributed by atoms with Gasteiger partial charge in [-0.15, -0.1) is 0 Å². The first-order valence-electron chi connectivity index (χ1n) is 16.0. The van der Waals surface area contributed by atoms with E-state index in [1.54, 1.807) is 12.4 Å². The largest absolute Gasteiger partial charge is 0.396 e. The van der Waals surface area contributed by atoms with E-state index < -0.39 is 4.92 Å². The number of fused-ring (bicyclic) bond motifs is 2. The topological polar surface area (TPSA) is 157 Å². The second kappa shape index (κ2) is 13.2. The van der Waals surface area contributed by atoms with Gasteiger partial charge in [0.2, 0.25) is 0 Å². The molecule has 50 heavy (non-hydrogen) atoms. The van der Waals surface area contributed by atoms with Gasteiger partial charge in [0.15, 0.2) is 5.52 Å². The van der Waals surface area contributed by atoms with Gasteiger partial charge in [-0.05, 0) is 51.0 Å². The average molecular weight is 667 g/mol. The quantitative estimate of drug-likeness (QED) is 0.131. The molecule has 12 heteroatoms. The summed E-state index contributed by atoms with van der Waals surface area (Å²) in [6.45, 7) is 8.83. The molecule has 0 atom stereocenters. The first-order valence-corrected chi connectivity index (χ1v) is 16.0. The maximum absolute atomic E-state index is 11.4. The van der Waals surface area contributed by atoms with Crippen LogP contribution >= 0.6 is 0 Å². The van der Waals surface area contributed by atoms with E-state index >= 15 is 0 Å². The minimum absolute atomic E-state index is 0.00115. The van der Waals surface area contributed by atoms with Gasteiger partial charge >= 0.3 is 5.69 Å². The van der Waals surface area contributed by atoms with Gasteiger partial charge in [-0.25, -0.2) is 4.98 Å². The van der Waals surface area contributed by atoms with Gasteiger partial charge in [-0.1, -0.05) is 71.0 Å². The normalized spacial score (nSPS) is 11.2. The van der Waals surface area contributed by atoms with Crippen molar-refractivity contribution < 1.29 is 14.0 Å². The van der Waals surface area contributed by atoms with Gasteiger partial charge in [-0.3, -0.25) is 15.1 Å². The first kappa shape index (κ1) is 32.0. The Hall–Kier alpha value is -6.56. The molecule has 2 aromatic carbocycles. The highest BCUT2D eigenvalue weighted by Gasteiger charge is 2.22. The van der Waals surface area contributed by atoms with E-state index in [0.717, 1.165) is 62.5 Å². The van der Waals surface area contributed by atoms with E-state index in [0.29, 0.717) is 29.0 Å². The van der Waals surface area contributed by atoms with E-state index in [2.05, 4.69) is 43.0 Å². The van der Waals surface area contributed by atoms with Crippen molar-refractivity contribution in [3.05, 3.63) is 142 Å². The average Bonchev–Trinajstić information content (AvgIpc) is 3.85. The molecule has 0 amide bonds. The molecular weight excluding hydrogens is 632 g/mol. The van der Waals surface area contributed by atoms with Crippen LogP contribution in [-0.2, 0) is 13.1 Å². The van der Waals surface area contributed by atoms with Crippen LogP contribution in [0.5, 0.6) is 0 Å². The second-order valence-corrected chi connectivity index (χ2v) is 12.2. The number of nitrogen functional groups attached to an aromatic ring is 1. The summed E-state index contributed by atoms with van der Waals surface area (Å²) < 4.78 is 14.5. The number of aromatic nitrogens is 6. The Morgan fingerprint density at radius 2 is 1.16 bits per heavy atom. The van der Waals surface area contributed by atoms with Crippen molar-refractivity contribution in [3.63, 3.8) is 0 Å². The fraction of sp³-hybridized carbons (Fsp3) is 0.158. The molecule has 0 saturated heterocycles. The van der Waals surface area contributed by atoms with Gasteiger partial charge in [0.25, 0.3) is 0 Å². The number of rotatable bonds is 7. The van der Waals surface area contributed by atoms with Gasteiger partial charge in [0.05, 0.1) is 39.2 Å². The molecule has 12 nitrogen and oxygen atoms in total. The third kappa shape index (κ3) is 6.10. The Labute approximate surface area is 286 Å². The number of hydrogen-bond donors (Lipinski definition) is 1. The lowest BCUT2D eigenvalue weighted by Gasteiger charge is -2.07. The number of pyridine rings is 2. The number of hydrogen-bond acceptors (Lipinski definition) is 9. The zero-order valence-corrected chi connectivity index (χ0v) is 28.0. The number of nitrogens with zero attached hydrogens (tertiary/aromatic N) is 7. The molecule has 0 saturated carbocycles. The van der Waals surface area contributed by atoms with E-state index in [1.165, 1.54) is 5.56 Å². The summed E-state index contributed by atoms with van der Waals surface area (Å²) in [5.74, 6) is 1.49.